The van der Waals surface area contributed by atoms with E-state index in [1.54, 1.807) is 18.4 Å². The highest BCUT2D eigenvalue weighted by Gasteiger charge is 2.24. The first-order chi connectivity index (χ1) is 14.4. The van der Waals surface area contributed by atoms with Crippen LogP contribution in [0.15, 0.2) is 29.1 Å². The molecule has 1 aliphatic carbocycles. The van der Waals surface area contributed by atoms with Crippen LogP contribution in [0.4, 0.5) is 0 Å². The number of hydrogen-bond donors (Lipinski definition) is 2. The molecule has 0 fully saturated rings. The number of aromatic nitrogens is 2. The van der Waals surface area contributed by atoms with Crippen molar-refractivity contribution in [3.05, 3.63) is 62.0 Å². The highest BCUT2D eigenvalue weighted by molar-refractivity contribution is 7.18. The second kappa shape index (κ2) is 8.32. The number of nitrogens with zero attached hydrogens (tertiary/aromatic N) is 2. The van der Waals surface area contributed by atoms with Gasteiger partial charge in [-0.1, -0.05) is 19.1 Å². The van der Waals surface area contributed by atoms with Crippen LogP contribution >= 0.6 is 11.3 Å². The smallest absolute Gasteiger partial charge is 0.259 e. The van der Waals surface area contributed by atoms with Gasteiger partial charge in [0.1, 0.15) is 10.7 Å². The maximum atomic E-state index is 12.9. The van der Waals surface area contributed by atoms with Gasteiger partial charge in [0.05, 0.1) is 11.4 Å². The van der Waals surface area contributed by atoms with Crippen molar-refractivity contribution in [1.82, 2.24) is 20.2 Å². The molecule has 1 aliphatic rings. The number of nitrogens with one attached hydrogen (secondary N) is 2. The molecule has 0 saturated heterocycles. The number of fused-ring (bicyclic) bond motifs is 3. The van der Waals surface area contributed by atoms with E-state index in [0.717, 1.165) is 35.0 Å². The van der Waals surface area contributed by atoms with Crippen molar-refractivity contribution in [3.63, 3.8) is 0 Å². The predicted molar refractivity (Wildman–Crippen MR) is 121 cm³/mol. The number of H-pyrrole nitrogens is 1. The zero-order valence-electron chi connectivity index (χ0n) is 17.9. The molecule has 0 radical (unpaired) electrons. The minimum absolute atomic E-state index is 0.0165. The van der Waals surface area contributed by atoms with Gasteiger partial charge in [-0.2, -0.15) is 0 Å². The Morgan fingerprint density at radius 1 is 1.37 bits per heavy atom. The molecule has 1 aromatic carbocycles. The largest absolute Gasteiger partial charge is 0.355 e. The van der Waals surface area contributed by atoms with E-state index in [9.17, 15) is 9.59 Å². The SMILES string of the molecule is CNC(=O)c1ccc(CN(C)[C@@H](C)c2nc3sc4c(c3c(=O)[nH]2)CC[C@H](C)C4)cc1. The molecule has 0 spiro atoms. The fourth-order valence-corrected chi connectivity index (χ4v) is 5.49. The van der Waals surface area contributed by atoms with Gasteiger partial charge in [0.2, 0.25) is 0 Å². The number of hydrogen-bond acceptors (Lipinski definition) is 5. The first-order valence-corrected chi connectivity index (χ1v) is 11.2. The van der Waals surface area contributed by atoms with Crippen LogP contribution in [0.2, 0.25) is 0 Å². The van der Waals surface area contributed by atoms with E-state index in [1.807, 2.05) is 31.3 Å². The number of benzene rings is 1. The summed E-state index contributed by atoms with van der Waals surface area (Å²) in [5, 5.41) is 3.43. The summed E-state index contributed by atoms with van der Waals surface area (Å²) in [4.78, 5) is 36.8. The maximum Gasteiger partial charge on any atom is 0.259 e. The van der Waals surface area contributed by atoms with Crippen molar-refractivity contribution >= 4 is 27.5 Å². The monoisotopic (exact) mass is 424 g/mol. The van der Waals surface area contributed by atoms with E-state index in [-0.39, 0.29) is 17.5 Å². The molecule has 2 N–H and O–H groups in total. The number of thiophene rings is 1. The van der Waals surface area contributed by atoms with E-state index in [0.29, 0.717) is 23.9 Å². The number of rotatable bonds is 5. The second-order valence-corrected chi connectivity index (χ2v) is 9.43. The first-order valence-electron chi connectivity index (χ1n) is 10.4. The summed E-state index contributed by atoms with van der Waals surface area (Å²) in [5.41, 5.74) is 2.94. The van der Waals surface area contributed by atoms with Crippen LogP contribution in [-0.2, 0) is 19.4 Å². The van der Waals surface area contributed by atoms with Crippen LogP contribution in [0.25, 0.3) is 10.2 Å². The summed E-state index contributed by atoms with van der Waals surface area (Å²) in [6.07, 6.45) is 3.16. The number of carbonyl (C=O) groups is 1. The lowest BCUT2D eigenvalue weighted by Crippen LogP contribution is -2.26. The molecule has 0 saturated carbocycles. The summed E-state index contributed by atoms with van der Waals surface area (Å²) < 4.78 is 0. The lowest BCUT2D eigenvalue weighted by Gasteiger charge is -2.24. The summed E-state index contributed by atoms with van der Waals surface area (Å²) in [6.45, 7) is 5.02. The molecule has 158 valence electrons. The Bertz CT molecular complexity index is 1130. The van der Waals surface area contributed by atoms with Gasteiger partial charge in [0, 0.05) is 24.0 Å². The van der Waals surface area contributed by atoms with Gasteiger partial charge < -0.3 is 10.3 Å². The molecule has 0 unspecified atom stereocenters. The van der Waals surface area contributed by atoms with Crippen molar-refractivity contribution in [2.24, 2.45) is 5.92 Å². The van der Waals surface area contributed by atoms with E-state index in [1.165, 1.54) is 10.4 Å². The fraction of sp³-hybridized carbons (Fsp3) is 0.435. The Balaban J connectivity index is 1.56. The van der Waals surface area contributed by atoms with E-state index in [4.69, 9.17) is 4.98 Å². The van der Waals surface area contributed by atoms with Crippen LogP contribution < -0.4 is 10.9 Å². The van der Waals surface area contributed by atoms with Crippen LogP contribution in [0, 0.1) is 5.92 Å². The van der Waals surface area contributed by atoms with Crippen molar-refractivity contribution in [2.45, 2.75) is 45.7 Å². The Kier molecular flexibility index (Phi) is 5.75. The zero-order valence-corrected chi connectivity index (χ0v) is 18.7. The molecule has 2 aromatic heterocycles. The van der Waals surface area contributed by atoms with Crippen molar-refractivity contribution in [1.29, 1.82) is 0 Å². The molecule has 1 amide bonds. The molecule has 0 bridgehead atoms. The molecule has 7 heteroatoms. The second-order valence-electron chi connectivity index (χ2n) is 8.35. The molecule has 6 nitrogen and oxygen atoms in total. The number of aryl methyl sites for hydroxylation is 1. The molecular formula is C23H28N4O2S. The third kappa shape index (κ3) is 3.91. The van der Waals surface area contributed by atoms with Gasteiger partial charge in [-0.15, -0.1) is 11.3 Å². The van der Waals surface area contributed by atoms with Crippen molar-refractivity contribution in [2.75, 3.05) is 14.1 Å². The molecule has 3 aromatic rings. The highest BCUT2D eigenvalue weighted by atomic mass is 32.1. The summed E-state index contributed by atoms with van der Waals surface area (Å²) >= 11 is 1.68. The number of carbonyl (C=O) groups excluding carboxylic acids is 1. The topological polar surface area (TPSA) is 78.1 Å². The van der Waals surface area contributed by atoms with Crippen LogP contribution in [0.1, 0.15) is 58.5 Å². The molecule has 0 aliphatic heterocycles. The standard InChI is InChI=1S/C23H28N4O2S/c1-13-5-10-17-18(11-13)30-23-19(17)22(29)25-20(26-23)14(2)27(4)12-15-6-8-16(9-7-15)21(28)24-3/h6-9,13-14H,5,10-12H2,1-4H3,(H,24,28)(H,25,26,29)/t13-,14-/m0/s1. The van der Waals surface area contributed by atoms with Gasteiger partial charge in [0.25, 0.3) is 11.5 Å². The first kappa shape index (κ1) is 20.8. The average Bonchev–Trinajstić information content (AvgIpc) is 3.10. The van der Waals surface area contributed by atoms with E-state index in [2.05, 4.69) is 29.0 Å². The minimum atomic E-state index is -0.0913. The van der Waals surface area contributed by atoms with Gasteiger partial charge in [0.15, 0.2) is 0 Å². The Hall–Kier alpha value is -2.51. The van der Waals surface area contributed by atoms with Crippen molar-refractivity contribution in [3.8, 4) is 0 Å². The lowest BCUT2D eigenvalue weighted by molar-refractivity contribution is 0.0963. The summed E-state index contributed by atoms with van der Waals surface area (Å²) in [5.74, 6) is 1.28. The third-order valence-electron chi connectivity index (χ3n) is 6.12. The predicted octanol–water partition coefficient (Wildman–Crippen LogP) is 3.66. The quantitative estimate of drug-likeness (QED) is 0.655. The third-order valence-corrected chi connectivity index (χ3v) is 7.26. The van der Waals surface area contributed by atoms with Gasteiger partial charge in [-0.3, -0.25) is 14.5 Å². The van der Waals surface area contributed by atoms with E-state index >= 15 is 0 Å². The van der Waals surface area contributed by atoms with Crippen LogP contribution in [0.5, 0.6) is 0 Å². The van der Waals surface area contributed by atoms with Crippen LogP contribution in [-0.4, -0.2) is 34.9 Å². The Morgan fingerprint density at radius 2 is 2.10 bits per heavy atom. The molecule has 4 rings (SSSR count). The Morgan fingerprint density at radius 3 is 2.80 bits per heavy atom. The van der Waals surface area contributed by atoms with Crippen molar-refractivity contribution < 1.29 is 4.79 Å². The minimum Gasteiger partial charge on any atom is -0.355 e. The molecule has 2 atom stereocenters. The average molecular weight is 425 g/mol. The van der Waals surface area contributed by atoms with Crippen LogP contribution in [0.3, 0.4) is 0 Å². The highest BCUT2D eigenvalue weighted by Crippen LogP contribution is 2.36. The number of amides is 1. The molecular weight excluding hydrogens is 396 g/mol. The van der Waals surface area contributed by atoms with Gasteiger partial charge in [-0.05, 0) is 62.4 Å². The summed E-state index contributed by atoms with van der Waals surface area (Å²) in [7, 11) is 3.64. The maximum absolute atomic E-state index is 12.9. The summed E-state index contributed by atoms with van der Waals surface area (Å²) in [6, 6.07) is 7.54. The van der Waals surface area contributed by atoms with E-state index < -0.39 is 0 Å². The molecule has 30 heavy (non-hydrogen) atoms. The molecule has 2 heterocycles. The fourth-order valence-electron chi connectivity index (χ4n) is 4.10. The van der Waals surface area contributed by atoms with Gasteiger partial charge >= 0.3 is 0 Å². The lowest BCUT2D eigenvalue weighted by atomic mass is 9.89. The van der Waals surface area contributed by atoms with Gasteiger partial charge in [-0.25, -0.2) is 4.98 Å². The zero-order chi connectivity index (χ0) is 21.4. The normalized spacial score (nSPS) is 17.2. The number of aromatic amines is 1. The Labute approximate surface area is 180 Å².